The smallest absolute Gasteiger partial charge is 0.257 e. The van der Waals surface area contributed by atoms with E-state index in [0.29, 0.717) is 17.0 Å². The quantitative estimate of drug-likeness (QED) is 0.933. The molecular formula is C16H20N4O2. The summed E-state index contributed by atoms with van der Waals surface area (Å²) in [4.78, 5) is 22.0. The van der Waals surface area contributed by atoms with Crippen molar-refractivity contribution in [1.29, 1.82) is 0 Å². The lowest BCUT2D eigenvalue weighted by Crippen LogP contribution is -2.26. The molecule has 2 N–H and O–H groups in total. The van der Waals surface area contributed by atoms with Crippen molar-refractivity contribution in [2.45, 2.75) is 20.5 Å². The van der Waals surface area contributed by atoms with Crippen LogP contribution in [0.25, 0.3) is 0 Å². The average Bonchev–Trinajstić information content (AvgIpc) is 2.44. The van der Waals surface area contributed by atoms with Gasteiger partial charge in [-0.3, -0.25) is 4.79 Å². The van der Waals surface area contributed by atoms with Crippen molar-refractivity contribution in [3.8, 4) is 5.75 Å². The Morgan fingerprint density at radius 3 is 2.64 bits per heavy atom. The van der Waals surface area contributed by atoms with Gasteiger partial charge in [0.1, 0.15) is 12.4 Å². The Kier molecular flexibility index (Phi) is 4.60. The second-order valence-corrected chi connectivity index (χ2v) is 5.29. The van der Waals surface area contributed by atoms with E-state index in [9.17, 15) is 4.79 Å². The van der Waals surface area contributed by atoms with Crippen molar-refractivity contribution in [2.75, 3.05) is 19.8 Å². The van der Waals surface area contributed by atoms with Gasteiger partial charge in [0.25, 0.3) is 5.91 Å². The Bertz CT molecular complexity index is 699. The molecule has 0 aliphatic heterocycles. The highest BCUT2D eigenvalue weighted by Gasteiger charge is 2.20. The molecule has 2 aromatic rings. The maximum atomic E-state index is 12.3. The Morgan fingerprint density at radius 2 is 2.00 bits per heavy atom. The predicted octanol–water partition coefficient (Wildman–Crippen LogP) is 1.96. The van der Waals surface area contributed by atoms with E-state index < -0.39 is 0 Å². The van der Waals surface area contributed by atoms with Gasteiger partial charge in [0, 0.05) is 14.1 Å². The van der Waals surface area contributed by atoms with Crippen LogP contribution in [0, 0.1) is 13.8 Å². The summed E-state index contributed by atoms with van der Waals surface area (Å²) < 4.78 is 5.74. The zero-order valence-corrected chi connectivity index (χ0v) is 13.3. The second kappa shape index (κ2) is 6.43. The summed E-state index contributed by atoms with van der Waals surface area (Å²) in [5.41, 5.74) is 8.27. The number of benzene rings is 1. The molecule has 0 unspecified atom stereocenters. The molecule has 0 fully saturated rings. The lowest BCUT2D eigenvalue weighted by Gasteiger charge is -2.16. The molecule has 0 saturated heterocycles. The Hall–Kier alpha value is -2.63. The normalized spacial score (nSPS) is 10.4. The van der Waals surface area contributed by atoms with Gasteiger partial charge in [0.2, 0.25) is 5.95 Å². The van der Waals surface area contributed by atoms with Crippen molar-refractivity contribution < 1.29 is 9.53 Å². The molecule has 0 aliphatic rings. The summed E-state index contributed by atoms with van der Waals surface area (Å²) in [6.45, 7) is 3.89. The number of aromatic nitrogens is 2. The maximum absolute atomic E-state index is 12.3. The number of rotatable bonds is 4. The minimum absolute atomic E-state index is 0.135. The van der Waals surface area contributed by atoms with Gasteiger partial charge in [-0.25, -0.2) is 9.97 Å². The minimum Gasteiger partial charge on any atom is -0.487 e. The molecule has 2 rings (SSSR count). The number of hydrogen-bond donors (Lipinski definition) is 1. The number of nitrogens with zero attached hydrogens (tertiary/aromatic N) is 3. The van der Waals surface area contributed by atoms with Gasteiger partial charge in [-0.15, -0.1) is 0 Å². The fourth-order valence-corrected chi connectivity index (χ4v) is 2.12. The number of anilines is 1. The zero-order chi connectivity index (χ0) is 16.3. The van der Waals surface area contributed by atoms with Gasteiger partial charge in [0.05, 0.1) is 17.0 Å². The summed E-state index contributed by atoms with van der Waals surface area (Å²) in [5, 5.41) is 0. The lowest BCUT2D eigenvalue weighted by atomic mass is 10.1. The highest BCUT2D eigenvalue weighted by molar-refractivity contribution is 5.96. The van der Waals surface area contributed by atoms with Crippen LogP contribution in [-0.2, 0) is 6.61 Å². The van der Waals surface area contributed by atoms with Crippen molar-refractivity contribution >= 4 is 11.9 Å². The van der Waals surface area contributed by atoms with E-state index in [1.165, 1.54) is 4.90 Å². The van der Waals surface area contributed by atoms with E-state index >= 15 is 0 Å². The molecule has 1 aromatic carbocycles. The largest absolute Gasteiger partial charge is 0.487 e. The third-order valence-electron chi connectivity index (χ3n) is 3.17. The highest BCUT2D eigenvalue weighted by atomic mass is 16.5. The van der Waals surface area contributed by atoms with Crippen molar-refractivity contribution in [1.82, 2.24) is 14.9 Å². The van der Waals surface area contributed by atoms with Gasteiger partial charge < -0.3 is 15.4 Å². The van der Waals surface area contributed by atoms with E-state index in [1.807, 2.05) is 31.2 Å². The first-order valence-corrected chi connectivity index (χ1v) is 6.92. The first-order valence-electron chi connectivity index (χ1n) is 6.92. The summed E-state index contributed by atoms with van der Waals surface area (Å²) in [7, 11) is 3.37. The number of carbonyl (C=O) groups excluding carboxylic acids is 1. The number of nitrogen functional groups attached to an aromatic ring is 1. The molecule has 1 amide bonds. The molecule has 22 heavy (non-hydrogen) atoms. The summed E-state index contributed by atoms with van der Waals surface area (Å²) in [5.74, 6) is 0.689. The van der Waals surface area contributed by atoms with Crippen LogP contribution >= 0.6 is 0 Å². The van der Waals surface area contributed by atoms with Crippen molar-refractivity contribution in [2.24, 2.45) is 0 Å². The summed E-state index contributed by atoms with van der Waals surface area (Å²) in [6.07, 6.45) is 0. The van der Waals surface area contributed by atoms with Crippen LogP contribution in [0.15, 0.2) is 24.3 Å². The van der Waals surface area contributed by atoms with E-state index in [4.69, 9.17) is 10.5 Å². The van der Waals surface area contributed by atoms with Crippen LogP contribution in [0.5, 0.6) is 5.75 Å². The Labute approximate surface area is 129 Å². The molecule has 0 saturated carbocycles. The standard InChI is InChI=1S/C16H20N4O2/c1-10-6-5-7-12(8-10)22-9-13-14(15(21)20(3)4)11(2)18-16(17)19-13/h5-8H,9H2,1-4H3,(H2,17,18,19). The first kappa shape index (κ1) is 15.8. The number of aryl methyl sites for hydroxylation is 2. The SMILES string of the molecule is Cc1cccc(OCc2nc(N)nc(C)c2C(=O)N(C)C)c1. The van der Waals surface area contributed by atoms with E-state index in [-0.39, 0.29) is 18.5 Å². The van der Waals surface area contributed by atoms with Crippen LogP contribution in [0.4, 0.5) is 5.95 Å². The Morgan fingerprint density at radius 1 is 1.27 bits per heavy atom. The van der Waals surface area contributed by atoms with Gasteiger partial charge in [-0.2, -0.15) is 0 Å². The molecular weight excluding hydrogens is 280 g/mol. The number of amides is 1. The van der Waals surface area contributed by atoms with E-state index in [0.717, 1.165) is 11.3 Å². The fourth-order valence-electron chi connectivity index (χ4n) is 2.12. The minimum atomic E-state index is -0.166. The molecule has 0 bridgehead atoms. The zero-order valence-electron chi connectivity index (χ0n) is 13.3. The monoisotopic (exact) mass is 300 g/mol. The number of carbonyl (C=O) groups is 1. The van der Waals surface area contributed by atoms with Crippen LogP contribution in [0.1, 0.15) is 27.3 Å². The van der Waals surface area contributed by atoms with Crippen LogP contribution < -0.4 is 10.5 Å². The Balaban J connectivity index is 2.31. The predicted molar refractivity (Wildman–Crippen MR) is 84.7 cm³/mol. The molecule has 1 aromatic heterocycles. The molecule has 0 radical (unpaired) electrons. The second-order valence-electron chi connectivity index (χ2n) is 5.29. The molecule has 6 nitrogen and oxygen atoms in total. The highest BCUT2D eigenvalue weighted by Crippen LogP contribution is 2.18. The average molecular weight is 300 g/mol. The van der Waals surface area contributed by atoms with Crippen molar-refractivity contribution in [3.05, 3.63) is 46.8 Å². The number of nitrogens with two attached hydrogens (primary N) is 1. The van der Waals surface area contributed by atoms with Crippen LogP contribution in [-0.4, -0.2) is 34.9 Å². The number of hydrogen-bond acceptors (Lipinski definition) is 5. The third kappa shape index (κ3) is 3.52. The fraction of sp³-hybridized carbons (Fsp3) is 0.312. The maximum Gasteiger partial charge on any atom is 0.257 e. The van der Waals surface area contributed by atoms with E-state index in [2.05, 4.69) is 9.97 Å². The summed E-state index contributed by atoms with van der Waals surface area (Å²) in [6, 6.07) is 7.68. The molecule has 6 heteroatoms. The molecule has 0 spiro atoms. The van der Waals surface area contributed by atoms with Crippen molar-refractivity contribution in [3.63, 3.8) is 0 Å². The van der Waals surface area contributed by atoms with Gasteiger partial charge in [-0.05, 0) is 31.5 Å². The first-order chi connectivity index (χ1) is 10.4. The molecule has 116 valence electrons. The topological polar surface area (TPSA) is 81.3 Å². The third-order valence-corrected chi connectivity index (χ3v) is 3.17. The van der Waals surface area contributed by atoms with Gasteiger partial charge in [-0.1, -0.05) is 12.1 Å². The lowest BCUT2D eigenvalue weighted by molar-refractivity contribution is 0.0823. The van der Waals surface area contributed by atoms with Gasteiger partial charge in [0.15, 0.2) is 0 Å². The summed E-state index contributed by atoms with van der Waals surface area (Å²) >= 11 is 0. The van der Waals surface area contributed by atoms with Crippen LogP contribution in [0.2, 0.25) is 0 Å². The number of ether oxygens (including phenoxy) is 1. The molecule has 0 aliphatic carbocycles. The van der Waals surface area contributed by atoms with Gasteiger partial charge >= 0.3 is 0 Å². The molecule has 1 heterocycles. The van der Waals surface area contributed by atoms with Crippen LogP contribution in [0.3, 0.4) is 0 Å². The van der Waals surface area contributed by atoms with E-state index in [1.54, 1.807) is 21.0 Å². The molecule has 0 atom stereocenters.